The van der Waals surface area contributed by atoms with Crippen LogP contribution in [0.5, 0.6) is 0 Å². The summed E-state index contributed by atoms with van der Waals surface area (Å²) in [7, 11) is 0. The van der Waals surface area contributed by atoms with Gasteiger partial charge < -0.3 is 5.32 Å². The lowest BCUT2D eigenvalue weighted by Crippen LogP contribution is -2.49. The fourth-order valence-corrected chi connectivity index (χ4v) is 8.15. The summed E-state index contributed by atoms with van der Waals surface area (Å²) in [5, 5.41) is 23.3. The Kier molecular flexibility index (Phi) is 5.10. The van der Waals surface area contributed by atoms with Gasteiger partial charge in [-0.1, -0.05) is 18.2 Å². The second kappa shape index (κ2) is 8.41. The van der Waals surface area contributed by atoms with E-state index in [9.17, 15) is 9.59 Å². The van der Waals surface area contributed by atoms with Crippen LogP contribution in [-0.4, -0.2) is 37.6 Å². The average Bonchev–Trinajstić information content (AvgIpc) is 3.58. The number of carbonyl (C=O) groups excluding carboxylic acids is 2. The van der Waals surface area contributed by atoms with Crippen LogP contribution in [0.1, 0.15) is 49.8 Å². The number of nitrogens with zero attached hydrogens (tertiary/aromatic N) is 5. The molecule has 4 bridgehead atoms. The molecule has 5 fully saturated rings. The number of anilines is 2. The van der Waals surface area contributed by atoms with Crippen molar-refractivity contribution in [3.8, 4) is 5.69 Å². The second-order valence-corrected chi connectivity index (χ2v) is 11.7. The third-order valence-corrected chi connectivity index (χ3v) is 9.18. The van der Waals surface area contributed by atoms with Crippen LogP contribution in [0.4, 0.5) is 11.6 Å². The summed E-state index contributed by atoms with van der Waals surface area (Å²) in [5.41, 5.74) is 2.97. The lowest BCUT2D eigenvalue weighted by Gasteiger charge is -2.56. The van der Waals surface area contributed by atoms with Gasteiger partial charge in [-0.25, -0.2) is 14.2 Å². The number of hydrogen-bond donors (Lipinski definition) is 2. The molecule has 2 amide bonds. The maximum Gasteiger partial charge on any atom is 0.272 e. The van der Waals surface area contributed by atoms with Crippen LogP contribution in [0.2, 0.25) is 0 Å². The third kappa shape index (κ3) is 3.63. The topological polar surface area (TPSA) is 130 Å². The molecule has 1 aromatic carbocycles. The van der Waals surface area contributed by atoms with Crippen LogP contribution < -0.4 is 10.2 Å². The summed E-state index contributed by atoms with van der Waals surface area (Å²) in [6, 6.07) is 10.0. The predicted molar refractivity (Wildman–Crippen MR) is 138 cm³/mol. The highest BCUT2D eigenvalue weighted by atomic mass is 32.2. The van der Waals surface area contributed by atoms with Crippen LogP contribution in [-0.2, 0) is 15.0 Å². The molecular formula is C26H25N7O3S. The fourth-order valence-electron chi connectivity index (χ4n) is 7.32. The Hall–Kier alpha value is -3.73. The molecule has 8 rings (SSSR count). The highest BCUT2D eigenvalue weighted by Crippen LogP contribution is 2.61. The molecule has 3 aromatic rings. The number of nitrogens with one attached hydrogen (secondary N) is 2. The molecule has 4 aliphatic carbocycles. The SMILES string of the molecule is N=C1SC(=Cc2cn(-c3ccccc3)nc2C23CC4CC(CC(C4)C2)C3)C(=O)N1c1nonc1NC=O. The van der Waals surface area contributed by atoms with Gasteiger partial charge >= 0.3 is 0 Å². The van der Waals surface area contributed by atoms with E-state index >= 15 is 0 Å². The van der Waals surface area contributed by atoms with Gasteiger partial charge in [-0.05, 0) is 96.6 Å². The van der Waals surface area contributed by atoms with Gasteiger partial charge in [0.05, 0.1) is 16.3 Å². The van der Waals surface area contributed by atoms with E-state index in [1.165, 1.54) is 19.3 Å². The highest BCUT2D eigenvalue weighted by molar-refractivity contribution is 8.19. The van der Waals surface area contributed by atoms with Crippen molar-refractivity contribution in [3.63, 3.8) is 0 Å². The largest absolute Gasteiger partial charge is 0.307 e. The van der Waals surface area contributed by atoms with E-state index in [4.69, 9.17) is 15.1 Å². The first-order chi connectivity index (χ1) is 18.0. The minimum Gasteiger partial charge on any atom is -0.307 e. The average molecular weight is 516 g/mol. The molecule has 2 N–H and O–H groups in total. The summed E-state index contributed by atoms with van der Waals surface area (Å²) in [4.78, 5) is 25.9. The van der Waals surface area contributed by atoms with Crippen molar-refractivity contribution in [2.45, 2.75) is 43.9 Å². The molecular weight excluding hydrogens is 490 g/mol. The van der Waals surface area contributed by atoms with Gasteiger partial charge in [0.2, 0.25) is 18.0 Å². The molecule has 0 atom stereocenters. The van der Waals surface area contributed by atoms with Crippen molar-refractivity contribution in [2.75, 3.05) is 10.2 Å². The van der Waals surface area contributed by atoms with E-state index in [2.05, 4.69) is 15.6 Å². The first-order valence-corrected chi connectivity index (χ1v) is 13.4. The van der Waals surface area contributed by atoms with Crippen molar-refractivity contribution in [1.82, 2.24) is 20.1 Å². The predicted octanol–water partition coefficient (Wildman–Crippen LogP) is 4.35. The molecule has 188 valence electrons. The summed E-state index contributed by atoms with van der Waals surface area (Å²) in [5.74, 6) is 1.82. The first kappa shape index (κ1) is 22.5. The zero-order chi connectivity index (χ0) is 25.1. The number of thioether (sulfide) groups is 1. The molecule has 5 aliphatic rings. The molecule has 1 aliphatic heterocycles. The number of aromatic nitrogens is 4. The molecule has 0 spiro atoms. The van der Waals surface area contributed by atoms with Crippen LogP contribution in [0.3, 0.4) is 0 Å². The Bertz CT molecular complexity index is 1410. The number of amides is 2. The number of benzene rings is 1. The maximum atomic E-state index is 13.5. The van der Waals surface area contributed by atoms with E-state index in [1.54, 1.807) is 0 Å². The van der Waals surface area contributed by atoms with Gasteiger partial charge in [0.25, 0.3) is 5.91 Å². The maximum absolute atomic E-state index is 13.5. The molecule has 0 radical (unpaired) electrons. The van der Waals surface area contributed by atoms with E-state index in [0.29, 0.717) is 11.3 Å². The Morgan fingerprint density at radius 1 is 1.08 bits per heavy atom. The molecule has 0 unspecified atom stereocenters. The Morgan fingerprint density at radius 2 is 1.78 bits per heavy atom. The van der Waals surface area contributed by atoms with Gasteiger partial charge in [0.15, 0.2) is 5.17 Å². The highest BCUT2D eigenvalue weighted by Gasteiger charge is 2.53. The molecule has 3 heterocycles. The molecule has 11 heteroatoms. The van der Waals surface area contributed by atoms with Crippen molar-refractivity contribution in [3.05, 3.63) is 52.7 Å². The molecule has 1 saturated heterocycles. The van der Waals surface area contributed by atoms with Crippen LogP contribution in [0.15, 0.2) is 46.1 Å². The first-order valence-electron chi connectivity index (χ1n) is 12.5. The molecule has 10 nitrogen and oxygen atoms in total. The third-order valence-electron chi connectivity index (χ3n) is 8.29. The van der Waals surface area contributed by atoms with Gasteiger partial charge in [-0.15, -0.1) is 0 Å². The Labute approximate surface area is 216 Å². The van der Waals surface area contributed by atoms with E-state index < -0.39 is 5.91 Å². The van der Waals surface area contributed by atoms with Crippen LogP contribution in [0, 0.1) is 23.2 Å². The van der Waals surface area contributed by atoms with Crippen molar-refractivity contribution in [2.24, 2.45) is 17.8 Å². The fraction of sp³-hybridized carbons (Fsp3) is 0.385. The lowest BCUT2D eigenvalue weighted by molar-refractivity contribution is -0.113. The van der Waals surface area contributed by atoms with E-state index in [0.717, 1.165) is 70.6 Å². The normalized spacial score (nSPS) is 29.5. The molecule has 2 aromatic heterocycles. The number of amidine groups is 1. The van der Waals surface area contributed by atoms with Crippen molar-refractivity contribution in [1.29, 1.82) is 5.41 Å². The van der Waals surface area contributed by atoms with Gasteiger partial charge in [0, 0.05) is 17.2 Å². The van der Waals surface area contributed by atoms with Crippen LogP contribution in [0.25, 0.3) is 11.8 Å². The smallest absolute Gasteiger partial charge is 0.272 e. The zero-order valence-corrected chi connectivity index (χ0v) is 20.8. The number of hydrogen-bond acceptors (Lipinski definition) is 8. The number of rotatable bonds is 6. The van der Waals surface area contributed by atoms with E-state index in [1.807, 2.05) is 47.3 Å². The number of para-hydroxylation sites is 1. The zero-order valence-electron chi connectivity index (χ0n) is 20.0. The minimum absolute atomic E-state index is 0.0129. The van der Waals surface area contributed by atoms with E-state index in [-0.39, 0.29) is 22.2 Å². The molecule has 37 heavy (non-hydrogen) atoms. The Balaban J connectivity index is 1.31. The summed E-state index contributed by atoms with van der Waals surface area (Å²) in [6.07, 6.45) is 11.7. The van der Waals surface area contributed by atoms with Crippen molar-refractivity contribution >= 4 is 47.0 Å². The summed E-state index contributed by atoms with van der Waals surface area (Å²) in [6.45, 7) is 0. The molecule has 4 saturated carbocycles. The van der Waals surface area contributed by atoms with Gasteiger partial charge in [-0.2, -0.15) is 5.10 Å². The van der Waals surface area contributed by atoms with Gasteiger partial charge in [-0.3, -0.25) is 15.0 Å². The summed E-state index contributed by atoms with van der Waals surface area (Å²) < 4.78 is 6.63. The van der Waals surface area contributed by atoms with Crippen LogP contribution >= 0.6 is 11.8 Å². The summed E-state index contributed by atoms with van der Waals surface area (Å²) >= 11 is 1.05. The second-order valence-electron chi connectivity index (χ2n) is 10.7. The van der Waals surface area contributed by atoms with Crippen molar-refractivity contribution < 1.29 is 14.2 Å². The standard InChI is InChI=1S/C26H25N7O3S/c27-25-33(23-22(28-14-34)30-36-31-23)24(35)20(37-25)9-18-13-32(19-4-2-1-3-5-19)29-21(18)26-10-15-6-16(11-26)8-17(7-15)12-26/h1-5,9,13-17,27H,6-8,10-12H2,(H,28,30,34). The lowest BCUT2D eigenvalue weighted by atomic mass is 9.48. The quantitative estimate of drug-likeness (QED) is 0.369. The van der Waals surface area contributed by atoms with Gasteiger partial charge in [0.1, 0.15) is 0 Å². The number of carbonyl (C=O) groups is 2. The monoisotopic (exact) mass is 515 g/mol. The Morgan fingerprint density at radius 3 is 2.46 bits per heavy atom. The minimum atomic E-state index is -0.413.